The molecule has 1 fully saturated rings. The number of hydrogen-bond donors (Lipinski definition) is 0. The summed E-state index contributed by atoms with van der Waals surface area (Å²) >= 11 is 9.79. The van der Waals surface area contributed by atoms with Crippen LogP contribution in [0.15, 0.2) is 33.6 Å². The third kappa shape index (κ3) is 2.36. The third-order valence-electron chi connectivity index (χ3n) is 2.13. The zero-order valence-corrected chi connectivity index (χ0v) is 11.7. The standard InChI is InChI=1S/C11H8BrNOS2/c1-13-10(14)9(16-11(13)15)6-7-3-2-4-8(12)5-7/h2-6H,1H3/b9-6-. The van der Waals surface area contributed by atoms with Crippen molar-refractivity contribution in [2.24, 2.45) is 0 Å². The van der Waals surface area contributed by atoms with Crippen LogP contribution >= 0.6 is 39.9 Å². The number of halogens is 1. The van der Waals surface area contributed by atoms with Gasteiger partial charge in [-0.05, 0) is 23.8 Å². The van der Waals surface area contributed by atoms with E-state index in [0.717, 1.165) is 10.0 Å². The van der Waals surface area contributed by atoms with Crippen LogP contribution in [0.25, 0.3) is 6.08 Å². The van der Waals surface area contributed by atoms with Gasteiger partial charge in [0.2, 0.25) is 0 Å². The van der Waals surface area contributed by atoms with Gasteiger partial charge in [0, 0.05) is 11.5 Å². The molecule has 0 aromatic heterocycles. The smallest absolute Gasteiger partial charge is 0.265 e. The van der Waals surface area contributed by atoms with E-state index in [2.05, 4.69) is 15.9 Å². The highest BCUT2D eigenvalue weighted by atomic mass is 79.9. The summed E-state index contributed by atoms with van der Waals surface area (Å²) in [6, 6.07) is 7.79. The highest BCUT2D eigenvalue weighted by Gasteiger charge is 2.28. The highest BCUT2D eigenvalue weighted by molar-refractivity contribution is 9.10. The minimum absolute atomic E-state index is 0.0324. The molecular formula is C11H8BrNOS2. The molecule has 1 heterocycles. The Morgan fingerprint density at radius 2 is 2.25 bits per heavy atom. The summed E-state index contributed by atoms with van der Waals surface area (Å²) in [5.41, 5.74) is 0.989. The average molecular weight is 314 g/mol. The van der Waals surface area contributed by atoms with Crippen LogP contribution in [0, 0.1) is 0 Å². The fraction of sp³-hybridized carbons (Fsp3) is 0.0909. The Kier molecular flexibility index (Phi) is 3.47. The molecule has 0 spiro atoms. The van der Waals surface area contributed by atoms with Gasteiger partial charge in [0.05, 0.1) is 4.91 Å². The number of likely N-dealkylation sites (N-methyl/N-ethyl adjacent to an activating group) is 1. The molecule has 1 aromatic carbocycles. The van der Waals surface area contributed by atoms with Gasteiger partial charge in [-0.2, -0.15) is 0 Å². The van der Waals surface area contributed by atoms with E-state index >= 15 is 0 Å². The van der Waals surface area contributed by atoms with E-state index in [1.54, 1.807) is 7.05 Å². The van der Waals surface area contributed by atoms with Gasteiger partial charge in [-0.15, -0.1) is 0 Å². The molecule has 0 aliphatic carbocycles. The maximum Gasteiger partial charge on any atom is 0.265 e. The van der Waals surface area contributed by atoms with Crippen molar-refractivity contribution in [1.82, 2.24) is 4.90 Å². The Balaban J connectivity index is 2.33. The van der Waals surface area contributed by atoms with Crippen LogP contribution in [0.2, 0.25) is 0 Å². The van der Waals surface area contributed by atoms with Crippen LogP contribution in [0.1, 0.15) is 5.56 Å². The fourth-order valence-electron chi connectivity index (χ4n) is 1.29. The molecular weight excluding hydrogens is 306 g/mol. The van der Waals surface area contributed by atoms with Crippen LogP contribution in [-0.4, -0.2) is 22.2 Å². The molecule has 0 atom stereocenters. The van der Waals surface area contributed by atoms with Gasteiger partial charge in [-0.25, -0.2) is 0 Å². The molecule has 0 bridgehead atoms. The summed E-state index contributed by atoms with van der Waals surface area (Å²) in [6.07, 6.45) is 1.85. The number of rotatable bonds is 1. The van der Waals surface area contributed by atoms with Gasteiger partial charge in [0.15, 0.2) is 0 Å². The molecule has 0 unspecified atom stereocenters. The van der Waals surface area contributed by atoms with Crippen molar-refractivity contribution in [3.8, 4) is 0 Å². The van der Waals surface area contributed by atoms with Crippen LogP contribution < -0.4 is 0 Å². The number of amides is 1. The lowest BCUT2D eigenvalue weighted by atomic mass is 10.2. The number of hydrogen-bond acceptors (Lipinski definition) is 3. The zero-order chi connectivity index (χ0) is 11.7. The van der Waals surface area contributed by atoms with Crippen molar-refractivity contribution in [3.63, 3.8) is 0 Å². The molecule has 2 nitrogen and oxygen atoms in total. The van der Waals surface area contributed by atoms with Crippen molar-refractivity contribution in [2.75, 3.05) is 7.05 Å². The summed E-state index contributed by atoms with van der Waals surface area (Å²) in [6.45, 7) is 0. The molecule has 16 heavy (non-hydrogen) atoms. The number of carbonyl (C=O) groups is 1. The van der Waals surface area contributed by atoms with Crippen LogP contribution in [0.5, 0.6) is 0 Å². The van der Waals surface area contributed by atoms with E-state index in [-0.39, 0.29) is 5.91 Å². The Morgan fingerprint density at radius 3 is 2.81 bits per heavy atom. The molecule has 0 saturated carbocycles. The van der Waals surface area contributed by atoms with E-state index < -0.39 is 0 Å². The molecule has 5 heteroatoms. The van der Waals surface area contributed by atoms with Crippen LogP contribution in [0.3, 0.4) is 0 Å². The zero-order valence-electron chi connectivity index (χ0n) is 8.44. The summed E-state index contributed by atoms with van der Waals surface area (Å²) in [5.74, 6) is -0.0324. The first-order chi connectivity index (χ1) is 7.58. The molecule has 1 saturated heterocycles. The lowest BCUT2D eigenvalue weighted by Crippen LogP contribution is -2.22. The topological polar surface area (TPSA) is 20.3 Å². The minimum Gasteiger partial charge on any atom is -0.296 e. The molecule has 2 rings (SSSR count). The number of carbonyl (C=O) groups excluding carboxylic acids is 1. The molecule has 1 aromatic rings. The Bertz CT molecular complexity index is 499. The Hall–Kier alpha value is -0.650. The van der Waals surface area contributed by atoms with Crippen molar-refractivity contribution >= 4 is 56.2 Å². The molecule has 82 valence electrons. The lowest BCUT2D eigenvalue weighted by molar-refractivity contribution is -0.121. The van der Waals surface area contributed by atoms with Crippen LogP contribution in [-0.2, 0) is 4.79 Å². The predicted molar refractivity (Wildman–Crippen MR) is 75.1 cm³/mol. The Labute approximate surface area is 112 Å². The average Bonchev–Trinajstić information content (AvgIpc) is 2.47. The Morgan fingerprint density at radius 1 is 1.50 bits per heavy atom. The minimum atomic E-state index is -0.0324. The molecule has 1 amide bonds. The van der Waals surface area contributed by atoms with Crippen molar-refractivity contribution in [1.29, 1.82) is 0 Å². The summed E-state index contributed by atoms with van der Waals surface area (Å²) in [4.78, 5) is 13.9. The fourth-order valence-corrected chi connectivity index (χ4v) is 2.89. The van der Waals surface area contributed by atoms with E-state index in [4.69, 9.17) is 12.2 Å². The first kappa shape index (κ1) is 11.8. The van der Waals surface area contributed by atoms with Crippen molar-refractivity contribution < 1.29 is 4.79 Å². The second kappa shape index (κ2) is 4.69. The number of benzene rings is 1. The van der Waals surface area contributed by atoms with Crippen LogP contribution in [0.4, 0.5) is 0 Å². The van der Waals surface area contributed by atoms with Gasteiger partial charge >= 0.3 is 0 Å². The van der Waals surface area contributed by atoms with Gasteiger partial charge < -0.3 is 0 Å². The SMILES string of the molecule is CN1C(=O)/C(=C/c2cccc(Br)c2)SC1=S. The van der Waals surface area contributed by atoms with Crippen molar-refractivity contribution in [2.45, 2.75) is 0 Å². The first-order valence-corrected chi connectivity index (χ1v) is 6.57. The van der Waals surface area contributed by atoms with Gasteiger partial charge in [-0.3, -0.25) is 9.69 Å². The maximum atomic E-state index is 11.7. The molecule has 0 radical (unpaired) electrons. The van der Waals surface area contributed by atoms with E-state index in [1.807, 2.05) is 30.3 Å². The van der Waals surface area contributed by atoms with Gasteiger partial charge in [0.25, 0.3) is 5.91 Å². The number of nitrogens with zero attached hydrogens (tertiary/aromatic N) is 1. The lowest BCUT2D eigenvalue weighted by Gasteiger charge is -2.03. The quantitative estimate of drug-likeness (QED) is 0.586. The number of thiocarbonyl (C=S) groups is 1. The summed E-state index contributed by atoms with van der Waals surface area (Å²) < 4.78 is 1.60. The maximum absolute atomic E-state index is 11.7. The monoisotopic (exact) mass is 313 g/mol. The number of thioether (sulfide) groups is 1. The largest absolute Gasteiger partial charge is 0.296 e. The highest BCUT2D eigenvalue weighted by Crippen LogP contribution is 2.31. The second-order valence-electron chi connectivity index (χ2n) is 3.30. The van der Waals surface area contributed by atoms with Crippen molar-refractivity contribution in [3.05, 3.63) is 39.2 Å². The van der Waals surface area contributed by atoms with Gasteiger partial charge in [0.1, 0.15) is 4.32 Å². The third-order valence-corrected chi connectivity index (χ3v) is 4.11. The molecule has 1 aliphatic heterocycles. The summed E-state index contributed by atoms with van der Waals surface area (Å²) in [5, 5.41) is 0. The van der Waals surface area contributed by atoms with E-state index in [9.17, 15) is 4.79 Å². The summed E-state index contributed by atoms with van der Waals surface area (Å²) in [7, 11) is 1.69. The first-order valence-electron chi connectivity index (χ1n) is 4.55. The second-order valence-corrected chi connectivity index (χ2v) is 5.89. The van der Waals surface area contributed by atoms with E-state index in [0.29, 0.717) is 9.23 Å². The van der Waals surface area contributed by atoms with E-state index in [1.165, 1.54) is 16.7 Å². The predicted octanol–water partition coefficient (Wildman–Crippen LogP) is 3.28. The molecule has 0 N–H and O–H groups in total. The van der Waals surface area contributed by atoms with Gasteiger partial charge in [-0.1, -0.05) is 52.0 Å². The normalized spacial score (nSPS) is 18.6. The molecule has 1 aliphatic rings.